The van der Waals surface area contributed by atoms with Crippen molar-refractivity contribution in [2.75, 3.05) is 49.8 Å². The van der Waals surface area contributed by atoms with Gasteiger partial charge in [-0.2, -0.15) is 24.3 Å². The zero-order valence-corrected chi connectivity index (χ0v) is 90.9. The molecule has 19 nitrogen and oxygen atoms in total. The van der Waals surface area contributed by atoms with Gasteiger partial charge in [0.15, 0.2) is 17.3 Å². The van der Waals surface area contributed by atoms with E-state index in [1.807, 2.05) is 132 Å². The third kappa shape index (κ3) is 29.4. The summed E-state index contributed by atoms with van der Waals surface area (Å²) in [4.78, 5) is 56.1. The molecule has 0 aliphatic heterocycles. The second-order valence-electron chi connectivity index (χ2n) is 29.7. The van der Waals surface area contributed by atoms with Crippen molar-refractivity contribution in [3.8, 4) is 95.4 Å². The molecule has 5 radical (unpaired) electrons. The molecule has 0 amide bonds. The number of hydrogen-bond donors (Lipinski definition) is 3. The van der Waals surface area contributed by atoms with Crippen molar-refractivity contribution in [1.82, 2.24) is 24.9 Å². The molecule has 0 saturated carbocycles. The summed E-state index contributed by atoms with van der Waals surface area (Å²) >= 11 is 3.28. The number of aliphatic hydroxyl groups is 3. The third-order valence-corrected chi connectivity index (χ3v) is 21.5. The summed E-state index contributed by atoms with van der Waals surface area (Å²) in [6, 6.07) is 78.4. The van der Waals surface area contributed by atoms with E-state index in [1.165, 1.54) is 109 Å². The number of aliphatic hydroxyl groups excluding tert-OH is 3. The van der Waals surface area contributed by atoms with Crippen LogP contribution < -0.4 is 33.2 Å². The number of rotatable bonds is 15. The molecule has 0 atom stereocenters. The summed E-state index contributed by atoms with van der Waals surface area (Å²) in [7, 11) is 11.7. The summed E-state index contributed by atoms with van der Waals surface area (Å²) in [5.74, 6) is 5.98. The van der Waals surface area contributed by atoms with Crippen LogP contribution in [0.4, 0.5) is 0 Å². The molecule has 9 aromatic carbocycles. The first-order valence-corrected chi connectivity index (χ1v) is 42.4. The van der Waals surface area contributed by atoms with E-state index in [1.54, 1.807) is 72.4 Å². The van der Waals surface area contributed by atoms with Crippen LogP contribution in [0.3, 0.4) is 0 Å². The van der Waals surface area contributed by atoms with E-state index in [9.17, 15) is 14.4 Å². The first-order chi connectivity index (χ1) is 61.4. The summed E-state index contributed by atoms with van der Waals surface area (Å²) < 4.78 is 44.1. The number of thiophene rings is 2. The summed E-state index contributed by atoms with van der Waals surface area (Å²) in [6.45, 7) is 25.3. The van der Waals surface area contributed by atoms with Gasteiger partial charge in [0, 0.05) is 157 Å². The molecule has 0 aliphatic rings. The predicted octanol–water partition coefficient (Wildman–Crippen LogP) is 26.2. The Morgan fingerprint density at radius 1 is 0.331 bits per heavy atom. The Hall–Kier alpha value is -11.3. The molecule has 3 N–H and O–H groups in total. The molecule has 0 spiro atoms. The van der Waals surface area contributed by atoms with E-state index >= 15 is 0 Å². The van der Waals surface area contributed by atoms with Gasteiger partial charge >= 0.3 is 0 Å². The van der Waals surface area contributed by atoms with Gasteiger partial charge in [-0.3, -0.25) is 29.3 Å². The summed E-state index contributed by atoms with van der Waals surface area (Å²) in [5, 5.41) is 37.9. The van der Waals surface area contributed by atoms with Gasteiger partial charge in [-0.1, -0.05) is 112 Å². The van der Waals surface area contributed by atoms with Gasteiger partial charge in [-0.15, -0.1) is 93.3 Å². The van der Waals surface area contributed by atoms with E-state index in [4.69, 9.17) is 77.8 Å². The van der Waals surface area contributed by atoms with Gasteiger partial charge in [0.05, 0.1) is 78.3 Å². The van der Waals surface area contributed by atoms with Crippen molar-refractivity contribution >= 4 is 116 Å². The van der Waals surface area contributed by atoms with Gasteiger partial charge in [-0.05, 0) is 201 Å². The molecule has 0 aliphatic carbocycles. The minimum atomic E-state index is -0.125. The van der Waals surface area contributed by atoms with Crippen molar-refractivity contribution in [3.63, 3.8) is 0 Å². The van der Waals surface area contributed by atoms with Crippen molar-refractivity contribution in [2.24, 2.45) is 0 Å². The molecule has 8 heterocycles. The number of aromatic nitrogens is 5. The molecule has 133 heavy (non-hydrogen) atoms. The van der Waals surface area contributed by atoms with Gasteiger partial charge in [0.2, 0.25) is 0 Å². The average molecular weight is 2710 g/mol. The molecule has 26 heteroatoms. The Labute approximate surface area is 852 Å². The van der Waals surface area contributed by atoms with Crippen LogP contribution in [0, 0.1) is 85.7 Å². The van der Waals surface area contributed by atoms with Gasteiger partial charge in [0.1, 0.15) is 62.3 Å². The maximum Gasteiger partial charge on any atom is 0.155 e. The number of methoxy groups -OCH3 is 7. The quantitative estimate of drug-likeness (QED) is 0.0490. The standard InChI is InChI=1S/C22H18NO.C20H16NO2.C18H16NO2.C16H14NO2S.C16H14NOS.3C5H8O2.5Ir/c1-14-8-11-20(24-3)22-21(14)15(2)12-19(23-22)18-10-9-16-6-4-5-7-17(16)13-18;1-12-8-9-17(22-3)20-19(12)13(2)10-15(21-20)18-11-14-6-4-5-7-16(14)23-18;1-12-11-14(13-7-5-4-6-8-13)19-18-16(21-3)10-9-15(20-2)17(12)18;1-10-9-11(14-5-4-8-20-14)17-16-13(19-3)7-6-12(18-2)15(10)16;1-10-6-7-13(18-3)16-15(10)11(2)9-12(17-16)14-5-4-8-19-14;3*1-4(6)3-5(2)7;;;;;/h4-9,11-13H,1-3H3;4-10H,1-3H3;4-7,9-11H,1-3H3;4,6-9H,1-3H3;4,6-9H,1-3H3;3*3,6H,1-2H3;;;;;/q5*-1;;;;;;;;. The van der Waals surface area contributed by atoms with Crippen LogP contribution in [0.2, 0.25) is 0 Å². The van der Waals surface area contributed by atoms with E-state index in [0.29, 0.717) is 5.76 Å². The van der Waals surface area contributed by atoms with E-state index < -0.39 is 0 Å². The van der Waals surface area contributed by atoms with Crippen molar-refractivity contribution in [1.29, 1.82) is 0 Å². The van der Waals surface area contributed by atoms with Crippen LogP contribution in [-0.2, 0) is 115 Å². The number of nitrogens with zero attached hydrogens (tertiary/aromatic N) is 5. The average Bonchev–Trinajstić information content (AvgIpc) is 1.68. The SMILES string of the molecule is CC(=O)C=C(C)O.CC(=O)C=C(C)O.CC(=O)C=C(C)O.COc1ccc(C)c2c(C)cc(-c3[c-]c4ccccc4o3)nc12.COc1ccc(C)c2c(C)cc(-c3[c-]cc4ccccc4c3)nc12.COc1ccc(C)c2c(C)cc(-c3[c-]ccs3)nc12.COc1ccc(OC)c2c(C)cc(-c3[c-]cccc3)nc12.COc1ccc(OC)c2c(C)cc(-c3[c-]ccs3)nc12.[Ir].[Ir].[Ir].[Ir].[Ir]. The zero-order valence-electron chi connectivity index (χ0n) is 77.3. The maximum atomic E-state index is 10.0. The number of fused-ring (bicyclic) bond motifs is 7. The van der Waals surface area contributed by atoms with Crippen LogP contribution in [0.1, 0.15) is 86.1 Å². The first kappa shape index (κ1) is 112. The number of furan rings is 1. The molecule has 0 saturated heterocycles. The Kier molecular flexibility index (Phi) is 45.2. The number of pyridine rings is 5. The van der Waals surface area contributed by atoms with Gasteiger partial charge in [0.25, 0.3) is 0 Å². The number of para-hydroxylation sites is 1. The van der Waals surface area contributed by atoms with Crippen LogP contribution in [0.25, 0.3) is 131 Å². The second kappa shape index (κ2) is 53.6. The monoisotopic (exact) mass is 2710 g/mol. The normalized spacial score (nSPS) is 10.6. The number of aryl methyl sites for hydroxylation is 8. The van der Waals surface area contributed by atoms with E-state index in [2.05, 4.69) is 152 Å². The number of carbonyl (C=O) groups is 3. The van der Waals surface area contributed by atoms with Crippen LogP contribution in [0.5, 0.6) is 40.2 Å². The molecule has 17 aromatic rings. The molecule has 8 aromatic heterocycles. The number of carbonyl (C=O) groups excluding carboxylic acids is 3. The second-order valence-corrected chi connectivity index (χ2v) is 31.5. The molecule has 0 unspecified atom stereocenters. The molecule has 0 fully saturated rings. The maximum absolute atomic E-state index is 10.0. The molecule has 17 rings (SSSR count). The Balaban J connectivity index is 0.000000277. The number of hydrogen-bond acceptors (Lipinski definition) is 21. The number of ether oxygens (including phenoxy) is 7. The van der Waals surface area contributed by atoms with E-state index in [0.717, 1.165) is 161 Å². The van der Waals surface area contributed by atoms with E-state index in [-0.39, 0.29) is 135 Å². The fourth-order valence-corrected chi connectivity index (χ4v) is 15.6. The fourth-order valence-electron chi connectivity index (χ4n) is 14.4. The van der Waals surface area contributed by atoms with Gasteiger partial charge in [-0.25, -0.2) is 22.7 Å². The van der Waals surface area contributed by atoms with Crippen LogP contribution in [0.15, 0.2) is 239 Å². The number of allylic oxidation sites excluding steroid dienone is 6. The third-order valence-electron chi connectivity index (χ3n) is 19.8. The topological polar surface area (TPSA) is 254 Å². The zero-order chi connectivity index (χ0) is 92.6. The smallest absolute Gasteiger partial charge is 0.155 e. The minimum absolute atomic E-state index is 0. The predicted molar refractivity (Wildman–Crippen MR) is 518 cm³/mol. The molecular formula is C107H102Ir5N5O14S2-5. The first-order valence-electron chi connectivity index (χ1n) is 40.6. The molecule has 0 bridgehead atoms. The Morgan fingerprint density at radius 3 is 1.01 bits per heavy atom. The molecular weight excluding hydrogens is 2600 g/mol. The molecule has 701 valence electrons. The Morgan fingerprint density at radius 2 is 0.654 bits per heavy atom. The fraction of sp³-hybridized carbons (Fsp3) is 0.196. The summed E-state index contributed by atoms with van der Waals surface area (Å²) in [5.41, 5.74) is 21.0. The minimum Gasteiger partial charge on any atom is -0.518 e. The van der Waals surface area contributed by atoms with Crippen molar-refractivity contribution < 1.29 is 168 Å². The number of benzene rings is 9. The Bertz CT molecular complexity index is 6840. The van der Waals surface area contributed by atoms with Crippen molar-refractivity contribution in [2.45, 2.75) is 96.9 Å². The largest absolute Gasteiger partial charge is 0.518 e. The summed E-state index contributed by atoms with van der Waals surface area (Å²) in [6.07, 6.45) is 3.50. The van der Waals surface area contributed by atoms with Gasteiger partial charge < -0.3 is 62.9 Å². The van der Waals surface area contributed by atoms with Crippen LogP contribution in [-0.4, -0.2) is 107 Å². The van der Waals surface area contributed by atoms with Crippen LogP contribution >= 0.6 is 22.7 Å². The van der Waals surface area contributed by atoms with Crippen molar-refractivity contribution in [3.05, 3.63) is 309 Å². The number of ketones is 3.